The van der Waals surface area contributed by atoms with Crippen molar-refractivity contribution in [3.63, 3.8) is 0 Å². The van der Waals surface area contributed by atoms with Gasteiger partial charge in [0.05, 0.1) is 13.2 Å². The molecule has 1 atom stereocenters. The smallest absolute Gasteiger partial charge is 0.315 e. The zero-order chi connectivity index (χ0) is 17.5. The number of aryl methyl sites for hydroxylation is 1. The minimum Gasteiger partial charge on any atom is -0.497 e. The third-order valence-corrected chi connectivity index (χ3v) is 3.88. The van der Waals surface area contributed by atoms with Gasteiger partial charge < -0.3 is 24.5 Å². The fourth-order valence-corrected chi connectivity index (χ4v) is 2.59. The second-order valence-corrected chi connectivity index (χ2v) is 5.63. The van der Waals surface area contributed by atoms with E-state index in [2.05, 4.69) is 10.6 Å². The number of hydrogen-bond acceptors (Lipinski definition) is 4. The number of rotatable bonds is 8. The monoisotopic (exact) mass is 334 g/mol. The summed E-state index contributed by atoms with van der Waals surface area (Å²) < 4.78 is 16.4. The molecule has 0 saturated heterocycles. The van der Waals surface area contributed by atoms with Gasteiger partial charge in [-0.25, -0.2) is 4.79 Å². The minimum atomic E-state index is -0.227. The van der Waals surface area contributed by atoms with E-state index >= 15 is 0 Å². The minimum absolute atomic E-state index is 0.212. The molecule has 0 fully saturated rings. The molecule has 6 heteroatoms. The van der Waals surface area contributed by atoms with Crippen molar-refractivity contribution in [1.29, 1.82) is 0 Å². The van der Waals surface area contributed by atoms with E-state index < -0.39 is 0 Å². The maximum atomic E-state index is 12.0. The number of carbonyl (C=O) groups is 1. The molecule has 2 amide bonds. The van der Waals surface area contributed by atoms with Gasteiger partial charge in [0.1, 0.15) is 17.1 Å². The number of methoxy groups -OCH3 is 1. The number of benzene rings is 1. The van der Waals surface area contributed by atoms with E-state index in [1.807, 2.05) is 39.0 Å². The van der Waals surface area contributed by atoms with Crippen molar-refractivity contribution >= 4 is 17.0 Å². The average molecular weight is 334 g/mol. The molecule has 1 aromatic heterocycles. The van der Waals surface area contributed by atoms with Crippen LogP contribution in [-0.2, 0) is 4.74 Å². The summed E-state index contributed by atoms with van der Waals surface area (Å²) in [5.41, 5.74) is 1.79. The summed E-state index contributed by atoms with van der Waals surface area (Å²) in [6.45, 7) is 7.76. The Balaban J connectivity index is 1.96. The van der Waals surface area contributed by atoms with Gasteiger partial charge in [-0.05, 0) is 45.4 Å². The molecule has 0 aliphatic carbocycles. The molecular formula is C18H26N2O4. The van der Waals surface area contributed by atoms with Gasteiger partial charge in [-0.1, -0.05) is 0 Å². The summed E-state index contributed by atoms with van der Waals surface area (Å²) in [4.78, 5) is 12.0. The highest BCUT2D eigenvalue weighted by molar-refractivity contribution is 5.84. The summed E-state index contributed by atoms with van der Waals surface area (Å²) in [5, 5.41) is 6.72. The number of fused-ring (bicyclic) bond motifs is 1. The first kappa shape index (κ1) is 18.1. The normalized spacial score (nSPS) is 12.2. The van der Waals surface area contributed by atoms with Crippen LogP contribution in [0.3, 0.4) is 0 Å². The molecule has 1 unspecified atom stereocenters. The molecule has 0 spiro atoms. The molecule has 0 bridgehead atoms. The molecule has 1 aromatic carbocycles. The first-order valence-corrected chi connectivity index (χ1v) is 8.26. The molecule has 2 aromatic rings. The van der Waals surface area contributed by atoms with Gasteiger partial charge in [-0.2, -0.15) is 0 Å². The number of hydrogen-bond donors (Lipinski definition) is 2. The van der Waals surface area contributed by atoms with Gasteiger partial charge in [0.25, 0.3) is 0 Å². The van der Waals surface area contributed by atoms with Crippen LogP contribution in [0, 0.1) is 6.92 Å². The Morgan fingerprint density at radius 2 is 2.17 bits per heavy atom. The predicted molar refractivity (Wildman–Crippen MR) is 93.6 cm³/mol. The lowest BCUT2D eigenvalue weighted by Crippen LogP contribution is -2.37. The zero-order valence-electron chi connectivity index (χ0n) is 14.8. The Labute approximate surface area is 142 Å². The maximum Gasteiger partial charge on any atom is 0.315 e. The molecule has 1 heterocycles. The summed E-state index contributed by atoms with van der Waals surface area (Å²) >= 11 is 0. The van der Waals surface area contributed by atoms with Crippen LogP contribution < -0.4 is 15.4 Å². The Morgan fingerprint density at radius 3 is 2.88 bits per heavy atom. The molecule has 0 aliphatic rings. The highest BCUT2D eigenvalue weighted by Crippen LogP contribution is 2.31. The SMILES string of the molecule is CCOCCCNC(=O)NC(C)c1oc2ccc(OC)cc2c1C. The molecule has 6 nitrogen and oxygen atoms in total. The van der Waals surface area contributed by atoms with Crippen molar-refractivity contribution in [3.05, 3.63) is 29.5 Å². The summed E-state index contributed by atoms with van der Waals surface area (Å²) in [6, 6.07) is 5.24. The first-order chi connectivity index (χ1) is 11.6. The van der Waals surface area contributed by atoms with E-state index in [0.29, 0.717) is 19.8 Å². The Hall–Kier alpha value is -2.21. The lowest BCUT2D eigenvalue weighted by molar-refractivity contribution is 0.145. The fourth-order valence-electron chi connectivity index (χ4n) is 2.59. The molecule has 0 aliphatic heterocycles. The Bertz CT molecular complexity index is 681. The molecular weight excluding hydrogens is 308 g/mol. The molecule has 2 rings (SSSR count). The molecule has 24 heavy (non-hydrogen) atoms. The van der Waals surface area contributed by atoms with Crippen LogP contribution in [0.4, 0.5) is 4.79 Å². The van der Waals surface area contributed by atoms with Crippen molar-refractivity contribution < 1.29 is 18.7 Å². The fraction of sp³-hybridized carbons (Fsp3) is 0.500. The quantitative estimate of drug-likeness (QED) is 0.724. The Morgan fingerprint density at radius 1 is 1.38 bits per heavy atom. The molecule has 0 saturated carbocycles. The number of ether oxygens (including phenoxy) is 2. The molecule has 2 N–H and O–H groups in total. The van der Waals surface area contributed by atoms with E-state index in [0.717, 1.165) is 34.5 Å². The van der Waals surface area contributed by atoms with Crippen molar-refractivity contribution in [1.82, 2.24) is 10.6 Å². The summed E-state index contributed by atoms with van der Waals surface area (Å²) in [6.07, 6.45) is 0.791. The van der Waals surface area contributed by atoms with Crippen LogP contribution in [0.5, 0.6) is 5.75 Å². The number of amides is 2. The van der Waals surface area contributed by atoms with Crippen LogP contribution in [0.2, 0.25) is 0 Å². The van der Waals surface area contributed by atoms with Crippen LogP contribution in [0.15, 0.2) is 22.6 Å². The maximum absolute atomic E-state index is 12.0. The van der Waals surface area contributed by atoms with Crippen LogP contribution in [0.1, 0.15) is 37.6 Å². The molecule has 0 radical (unpaired) electrons. The Kier molecular flexibility index (Phi) is 6.49. The third kappa shape index (κ3) is 4.41. The number of furan rings is 1. The molecule has 132 valence electrons. The van der Waals surface area contributed by atoms with E-state index in [1.165, 1.54) is 0 Å². The standard InChI is InChI=1S/C18H26N2O4/c1-5-23-10-6-9-19-18(21)20-13(3)17-12(2)15-11-14(22-4)7-8-16(15)24-17/h7-8,11,13H,5-6,9-10H2,1-4H3,(H2,19,20,21). The predicted octanol–water partition coefficient (Wildman–Crippen LogP) is 3.54. The van der Waals surface area contributed by atoms with Crippen LogP contribution in [-0.4, -0.2) is 32.9 Å². The second kappa shape index (κ2) is 8.59. The van der Waals surface area contributed by atoms with Crippen molar-refractivity contribution in [3.8, 4) is 5.75 Å². The van der Waals surface area contributed by atoms with E-state index in [4.69, 9.17) is 13.9 Å². The van der Waals surface area contributed by atoms with Gasteiger partial charge in [0.2, 0.25) is 0 Å². The summed E-state index contributed by atoms with van der Waals surface area (Å²) in [7, 11) is 1.64. The first-order valence-electron chi connectivity index (χ1n) is 8.26. The van der Waals surface area contributed by atoms with Crippen molar-refractivity contribution in [2.75, 3.05) is 26.9 Å². The van der Waals surface area contributed by atoms with Crippen molar-refractivity contribution in [2.45, 2.75) is 33.2 Å². The van der Waals surface area contributed by atoms with Gasteiger partial charge in [0.15, 0.2) is 0 Å². The van der Waals surface area contributed by atoms with Gasteiger partial charge in [0, 0.05) is 30.7 Å². The summed E-state index contributed by atoms with van der Waals surface area (Å²) in [5.74, 6) is 1.54. The van der Waals surface area contributed by atoms with Crippen molar-refractivity contribution in [2.24, 2.45) is 0 Å². The van der Waals surface area contributed by atoms with E-state index in [9.17, 15) is 4.79 Å². The lowest BCUT2D eigenvalue weighted by Gasteiger charge is -2.13. The van der Waals surface area contributed by atoms with Gasteiger partial charge in [-0.3, -0.25) is 0 Å². The second-order valence-electron chi connectivity index (χ2n) is 5.63. The largest absolute Gasteiger partial charge is 0.497 e. The van der Waals surface area contributed by atoms with Crippen LogP contribution >= 0.6 is 0 Å². The zero-order valence-corrected chi connectivity index (χ0v) is 14.8. The average Bonchev–Trinajstić information content (AvgIpc) is 2.91. The van der Waals surface area contributed by atoms with Gasteiger partial charge in [-0.15, -0.1) is 0 Å². The topological polar surface area (TPSA) is 72.7 Å². The number of urea groups is 1. The highest BCUT2D eigenvalue weighted by atomic mass is 16.5. The lowest BCUT2D eigenvalue weighted by atomic mass is 10.1. The number of nitrogens with one attached hydrogen (secondary N) is 2. The van der Waals surface area contributed by atoms with Crippen LogP contribution in [0.25, 0.3) is 11.0 Å². The highest BCUT2D eigenvalue weighted by Gasteiger charge is 2.18. The number of carbonyl (C=O) groups excluding carboxylic acids is 1. The third-order valence-electron chi connectivity index (χ3n) is 3.88. The van der Waals surface area contributed by atoms with Gasteiger partial charge >= 0.3 is 6.03 Å². The van der Waals surface area contributed by atoms with E-state index in [-0.39, 0.29) is 12.1 Å². The van der Waals surface area contributed by atoms with E-state index in [1.54, 1.807) is 7.11 Å².